The number of hydrogen-bond donors (Lipinski definition) is 0. The van der Waals surface area contributed by atoms with E-state index in [9.17, 15) is 4.79 Å². The molecule has 1 fully saturated rings. The van der Waals surface area contributed by atoms with Crippen molar-refractivity contribution in [3.05, 3.63) is 30.6 Å². The van der Waals surface area contributed by atoms with Gasteiger partial charge in [-0.3, -0.25) is 9.78 Å². The number of amides is 1. The lowest BCUT2D eigenvalue weighted by molar-refractivity contribution is -0.123. The van der Waals surface area contributed by atoms with Gasteiger partial charge in [0.25, 0.3) is 0 Å². The van der Waals surface area contributed by atoms with Crippen LogP contribution in [-0.4, -0.2) is 23.2 Å². The maximum absolute atomic E-state index is 12.8. The van der Waals surface area contributed by atoms with Crippen molar-refractivity contribution in [2.75, 3.05) is 17.2 Å². The van der Waals surface area contributed by atoms with E-state index in [0.717, 1.165) is 24.4 Å². The molecule has 0 radical (unpaired) electrons. The molecule has 1 aromatic heterocycles. The molecular weight excluding hydrogens is 256 g/mol. The predicted octanol–water partition coefficient (Wildman–Crippen LogP) is 2.73. The van der Waals surface area contributed by atoms with Gasteiger partial charge in [0.1, 0.15) is 0 Å². The van der Waals surface area contributed by atoms with Gasteiger partial charge in [-0.25, -0.2) is 0 Å². The summed E-state index contributed by atoms with van der Waals surface area (Å²) in [6, 6.07) is 2.01. The van der Waals surface area contributed by atoms with Crippen LogP contribution in [0.1, 0.15) is 12.8 Å². The van der Waals surface area contributed by atoms with Gasteiger partial charge in [-0.1, -0.05) is 12.2 Å². The third-order valence-electron chi connectivity index (χ3n) is 4.49. The lowest BCUT2D eigenvalue weighted by Crippen LogP contribution is -2.41. The molecule has 2 bridgehead atoms. The largest absolute Gasteiger partial charge is 0.309 e. The van der Waals surface area contributed by atoms with Gasteiger partial charge in [0, 0.05) is 29.3 Å². The van der Waals surface area contributed by atoms with Gasteiger partial charge in [0.05, 0.1) is 11.9 Å². The Morgan fingerprint density at radius 1 is 1.37 bits per heavy atom. The van der Waals surface area contributed by atoms with E-state index in [1.807, 2.05) is 28.9 Å². The highest BCUT2D eigenvalue weighted by molar-refractivity contribution is 7.99. The molecule has 3 atom stereocenters. The van der Waals surface area contributed by atoms with Crippen molar-refractivity contribution in [3.8, 4) is 0 Å². The van der Waals surface area contributed by atoms with Crippen LogP contribution in [0, 0.1) is 17.8 Å². The Morgan fingerprint density at radius 2 is 2.32 bits per heavy atom. The Balaban J connectivity index is 1.63. The first-order chi connectivity index (χ1) is 9.33. The Kier molecular flexibility index (Phi) is 2.65. The molecule has 1 aromatic rings. The van der Waals surface area contributed by atoms with E-state index in [1.165, 1.54) is 11.3 Å². The molecule has 0 N–H and O–H groups in total. The Labute approximate surface area is 117 Å². The van der Waals surface area contributed by atoms with Crippen LogP contribution < -0.4 is 4.90 Å². The third-order valence-corrected chi connectivity index (χ3v) is 5.53. The van der Waals surface area contributed by atoms with Crippen molar-refractivity contribution >= 4 is 23.4 Å². The number of allylic oxidation sites excluding steroid dienone is 2. The van der Waals surface area contributed by atoms with Crippen LogP contribution in [0.15, 0.2) is 35.5 Å². The predicted molar refractivity (Wildman–Crippen MR) is 76.2 cm³/mol. The summed E-state index contributed by atoms with van der Waals surface area (Å²) < 4.78 is 0. The summed E-state index contributed by atoms with van der Waals surface area (Å²) >= 11 is 1.82. The second kappa shape index (κ2) is 4.37. The fourth-order valence-electron chi connectivity index (χ4n) is 3.56. The van der Waals surface area contributed by atoms with Crippen molar-refractivity contribution in [3.63, 3.8) is 0 Å². The zero-order chi connectivity index (χ0) is 12.8. The summed E-state index contributed by atoms with van der Waals surface area (Å²) in [6.07, 6.45) is 10.4. The van der Waals surface area contributed by atoms with Gasteiger partial charge < -0.3 is 4.90 Å². The first kappa shape index (κ1) is 11.5. The topological polar surface area (TPSA) is 33.2 Å². The van der Waals surface area contributed by atoms with E-state index >= 15 is 0 Å². The molecule has 1 aliphatic heterocycles. The first-order valence-electron chi connectivity index (χ1n) is 6.89. The SMILES string of the molecule is O=C([C@@H]1C[C@H]2C=C[C@H]1C2)N1CCSc2ccncc21. The average Bonchev–Trinajstić information content (AvgIpc) is 3.08. The van der Waals surface area contributed by atoms with E-state index in [0.29, 0.717) is 17.7 Å². The zero-order valence-electron chi connectivity index (χ0n) is 10.7. The molecule has 0 unspecified atom stereocenters. The molecule has 1 amide bonds. The van der Waals surface area contributed by atoms with E-state index in [-0.39, 0.29) is 5.92 Å². The maximum Gasteiger partial charge on any atom is 0.230 e. The summed E-state index contributed by atoms with van der Waals surface area (Å²) in [5.74, 6) is 2.62. The molecule has 0 aromatic carbocycles. The van der Waals surface area contributed by atoms with Crippen LogP contribution in [0.5, 0.6) is 0 Å². The second-order valence-electron chi connectivity index (χ2n) is 5.57. The zero-order valence-corrected chi connectivity index (χ0v) is 11.5. The van der Waals surface area contributed by atoms with Crippen LogP contribution in [-0.2, 0) is 4.79 Å². The van der Waals surface area contributed by atoms with E-state index in [1.54, 1.807) is 6.20 Å². The quantitative estimate of drug-likeness (QED) is 0.737. The maximum atomic E-state index is 12.8. The van der Waals surface area contributed by atoms with Crippen molar-refractivity contribution in [1.29, 1.82) is 0 Å². The molecule has 19 heavy (non-hydrogen) atoms. The standard InChI is InChI=1S/C15H16N2OS/c18-15(12-8-10-1-2-11(12)7-10)17-5-6-19-14-3-4-16-9-13(14)17/h1-4,9-12H,5-8H2/t10-,11-,12+/m0/s1. The van der Waals surface area contributed by atoms with E-state index in [2.05, 4.69) is 17.1 Å². The van der Waals surface area contributed by atoms with Crippen molar-refractivity contribution in [2.45, 2.75) is 17.7 Å². The molecule has 0 spiro atoms. The number of carbonyl (C=O) groups excluding carboxylic acids is 1. The lowest BCUT2D eigenvalue weighted by Gasteiger charge is -2.32. The van der Waals surface area contributed by atoms with E-state index < -0.39 is 0 Å². The smallest absolute Gasteiger partial charge is 0.230 e. The summed E-state index contributed by atoms with van der Waals surface area (Å²) in [5, 5.41) is 0. The second-order valence-corrected chi connectivity index (χ2v) is 6.71. The van der Waals surface area contributed by atoms with Crippen LogP contribution in [0.2, 0.25) is 0 Å². The molecule has 4 rings (SSSR count). The number of rotatable bonds is 1. The van der Waals surface area contributed by atoms with Crippen LogP contribution >= 0.6 is 11.8 Å². The molecule has 2 aliphatic carbocycles. The fourth-order valence-corrected chi connectivity index (χ4v) is 4.52. The average molecular weight is 272 g/mol. The van der Waals surface area contributed by atoms with Gasteiger partial charge in [0.15, 0.2) is 0 Å². The summed E-state index contributed by atoms with van der Waals surface area (Å²) in [4.78, 5) is 20.2. The summed E-state index contributed by atoms with van der Waals surface area (Å²) in [6.45, 7) is 0.819. The number of anilines is 1. The number of thioether (sulfide) groups is 1. The molecule has 3 nitrogen and oxygen atoms in total. The van der Waals surface area contributed by atoms with Gasteiger partial charge in [-0.05, 0) is 30.7 Å². The number of aromatic nitrogens is 1. The van der Waals surface area contributed by atoms with Crippen molar-refractivity contribution in [2.24, 2.45) is 17.8 Å². The molecular formula is C15H16N2OS. The van der Waals surface area contributed by atoms with Crippen LogP contribution in [0.3, 0.4) is 0 Å². The Bertz CT molecular complexity index is 557. The van der Waals surface area contributed by atoms with Gasteiger partial charge in [-0.2, -0.15) is 0 Å². The Hall–Kier alpha value is -1.29. The lowest BCUT2D eigenvalue weighted by atomic mass is 9.92. The Morgan fingerprint density at radius 3 is 3.11 bits per heavy atom. The minimum Gasteiger partial charge on any atom is -0.309 e. The molecule has 0 saturated heterocycles. The number of hydrogen-bond acceptors (Lipinski definition) is 3. The number of pyridine rings is 1. The molecule has 2 heterocycles. The normalized spacial score (nSPS) is 31.6. The summed E-state index contributed by atoms with van der Waals surface area (Å²) in [5.41, 5.74) is 1.01. The monoisotopic (exact) mass is 272 g/mol. The number of fused-ring (bicyclic) bond motifs is 3. The highest BCUT2D eigenvalue weighted by atomic mass is 32.2. The van der Waals surface area contributed by atoms with Crippen molar-refractivity contribution < 1.29 is 4.79 Å². The minimum atomic E-state index is 0.200. The van der Waals surface area contributed by atoms with Gasteiger partial charge in [-0.15, -0.1) is 11.8 Å². The highest BCUT2D eigenvalue weighted by Gasteiger charge is 2.42. The highest BCUT2D eigenvalue weighted by Crippen LogP contribution is 2.45. The fraction of sp³-hybridized carbons (Fsp3) is 0.467. The first-order valence-corrected chi connectivity index (χ1v) is 7.88. The van der Waals surface area contributed by atoms with Crippen LogP contribution in [0.25, 0.3) is 0 Å². The molecule has 1 saturated carbocycles. The molecule has 98 valence electrons. The van der Waals surface area contributed by atoms with Gasteiger partial charge >= 0.3 is 0 Å². The molecule has 4 heteroatoms. The minimum absolute atomic E-state index is 0.200. The number of carbonyl (C=O) groups is 1. The van der Waals surface area contributed by atoms with Crippen LogP contribution in [0.4, 0.5) is 5.69 Å². The number of nitrogens with zero attached hydrogens (tertiary/aromatic N) is 2. The third kappa shape index (κ3) is 1.81. The van der Waals surface area contributed by atoms with E-state index in [4.69, 9.17) is 0 Å². The molecule has 3 aliphatic rings. The summed E-state index contributed by atoms with van der Waals surface area (Å²) in [7, 11) is 0. The van der Waals surface area contributed by atoms with Crippen molar-refractivity contribution in [1.82, 2.24) is 4.98 Å². The van der Waals surface area contributed by atoms with Gasteiger partial charge in [0.2, 0.25) is 5.91 Å².